The van der Waals surface area contributed by atoms with Crippen LogP contribution in [0.4, 0.5) is 5.82 Å². The van der Waals surface area contributed by atoms with E-state index in [4.69, 9.17) is 10.5 Å². The first kappa shape index (κ1) is 13.7. The van der Waals surface area contributed by atoms with Crippen molar-refractivity contribution in [3.8, 4) is 5.88 Å². The molecule has 0 saturated heterocycles. The van der Waals surface area contributed by atoms with Gasteiger partial charge in [0.05, 0.1) is 12.2 Å². The summed E-state index contributed by atoms with van der Waals surface area (Å²) in [5.41, 5.74) is 6.78. The smallest absolute Gasteiger partial charge is 0.221 e. The van der Waals surface area contributed by atoms with Gasteiger partial charge >= 0.3 is 0 Å². The minimum atomic E-state index is 0.547. The molecule has 96 valence electrons. The molecular weight excluding hydrogens is 214 g/mol. The van der Waals surface area contributed by atoms with Gasteiger partial charge in [0.25, 0.3) is 0 Å². The number of aromatic nitrogens is 2. The normalized spacial score (nSPS) is 10.5. The summed E-state index contributed by atoms with van der Waals surface area (Å²) in [7, 11) is 0. The topological polar surface area (TPSA) is 61.0 Å². The van der Waals surface area contributed by atoms with Gasteiger partial charge in [0.15, 0.2) is 0 Å². The number of nitrogens with zero attached hydrogens (tertiary/aromatic N) is 2. The van der Waals surface area contributed by atoms with Crippen LogP contribution in [0, 0.1) is 0 Å². The molecule has 4 nitrogen and oxygen atoms in total. The van der Waals surface area contributed by atoms with Crippen LogP contribution in [-0.2, 0) is 6.42 Å². The molecule has 0 saturated carbocycles. The molecule has 0 radical (unpaired) electrons. The second-order valence-electron chi connectivity index (χ2n) is 4.20. The predicted octanol–water partition coefficient (Wildman–Crippen LogP) is 2.97. The summed E-state index contributed by atoms with van der Waals surface area (Å²) in [6.07, 6.45) is 8.14. The largest absolute Gasteiger partial charge is 0.477 e. The number of nitrogens with two attached hydrogens (primary N) is 1. The van der Waals surface area contributed by atoms with Crippen LogP contribution in [0.25, 0.3) is 0 Å². The van der Waals surface area contributed by atoms with Gasteiger partial charge in [-0.25, -0.2) is 9.97 Å². The maximum absolute atomic E-state index is 5.83. The molecule has 0 bridgehead atoms. The van der Waals surface area contributed by atoms with Crippen LogP contribution in [0.15, 0.2) is 6.33 Å². The van der Waals surface area contributed by atoms with Crippen molar-refractivity contribution in [1.29, 1.82) is 0 Å². The molecule has 1 rings (SSSR count). The van der Waals surface area contributed by atoms with Crippen molar-refractivity contribution < 1.29 is 4.74 Å². The lowest BCUT2D eigenvalue weighted by atomic mass is 10.2. The Hall–Kier alpha value is -1.32. The van der Waals surface area contributed by atoms with Crippen molar-refractivity contribution >= 4 is 5.82 Å². The third-order valence-corrected chi connectivity index (χ3v) is 2.68. The van der Waals surface area contributed by atoms with E-state index in [1.165, 1.54) is 25.6 Å². The molecule has 1 aromatic rings. The van der Waals surface area contributed by atoms with Crippen molar-refractivity contribution in [3.05, 3.63) is 11.9 Å². The molecule has 17 heavy (non-hydrogen) atoms. The van der Waals surface area contributed by atoms with E-state index in [1.807, 2.05) is 0 Å². The molecular formula is C13H23N3O. The first-order valence-corrected chi connectivity index (χ1v) is 6.51. The van der Waals surface area contributed by atoms with E-state index in [1.54, 1.807) is 0 Å². The highest BCUT2D eigenvalue weighted by Gasteiger charge is 2.09. The summed E-state index contributed by atoms with van der Waals surface area (Å²) in [6.45, 7) is 5.02. The van der Waals surface area contributed by atoms with Crippen molar-refractivity contribution in [2.45, 2.75) is 52.4 Å². The van der Waals surface area contributed by atoms with Crippen molar-refractivity contribution in [2.24, 2.45) is 0 Å². The van der Waals surface area contributed by atoms with E-state index in [0.29, 0.717) is 18.3 Å². The van der Waals surface area contributed by atoms with Gasteiger partial charge in [-0.15, -0.1) is 0 Å². The third-order valence-electron chi connectivity index (χ3n) is 2.68. The van der Waals surface area contributed by atoms with Crippen LogP contribution >= 0.6 is 0 Å². The van der Waals surface area contributed by atoms with E-state index >= 15 is 0 Å². The van der Waals surface area contributed by atoms with Crippen LogP contribution < -0.4 is 10.5 Å². The van der Waals surface area contributed by atoms with Gasteiger partial charge in [0.1, 0.15) is 12.1 Å². The number of anilines is 1. The summed E-state index contributed by atoms with van der Waals surface area (Å²) in [4.78, 5) is 8.17. The number of rotatable bonds is 8. The number of hydrogen-bond acceptors (Lipinski definition) is 4. The second-order valence-corrected chi connectivity index (χ2v) is 4.20. The van der Waals surface area contributed by atoms with Gasteiger partial charge in [-0.2, -0.15) is 0 Å². The zero-order valence-corrected chi connectivity index (χ0v) is 10.9. The minimum absolute atomic E-state index is 0.547. The minimum Gasteiger partial charge on any atom is -0.477 e. The van der Waals surface area contributed by atoms with Crippen LogP contribution in [0.5, 0.6) is 5.88 Å². The van der Waals surface area contributed by atoms with Crippen LogP contribution in [0.3, 0.4) is 0 Å². The average molecular weight is 237 g/mol. The lowest BCUT2D eigenvalue weighted by molar-refractivity contribution is 0.290. The van der Waals surface area contributed by atoms with Gasteiger partial charge in [0, 0.05) is 0 Å². The molecule has 0 aliphatic heterocycles. The average Bonchev–Trinajstić information content (AvgIpc) is 2.33. The number of ether oxygens (including phenoxy) is 1. The van der Waals surface area contributed by atoms with Gasteiger partial charge in [0.2, 0.25) is 5.88 Å². The lowest BCUT2D eigenvalue weighted by Gasteiger charge is -2.10. The lowest BCUT2D eigenvalue weighted by Crippen LogP contribution is -2.06. The molecule has 1 heterocycles. The highest BCUT2D eigenvalue weighted by Crippen LogP contribution is 2.21. The molecule has 0 aliphatic rings. The highest BCUT2D eigenvalue weighted by atomic mass is 16.5. The third kappa shape index (κ3) is 4.59. The fraction of sp³-hybridized carbons (Fsp3) is 0.692. The maximum Gasteiger partial charge on any atom is 0.221 e. The quantitative estimate of drug-likeness (QED) is 0.706. The van der Waals surface area contributed by atoms with Crippen molar-refractivity contribution in [3.63, 3.8) is 0 Å². The molecule has 0 unspecified atom stereocenters. The molecule has 0 atom stereocenters. The molecule has 0 aliphatic carbocycles. The molecule has 0 spiro atoms. The second kappa shape index (κ2) is 7.87. The van der Waals surface area contributed by atoms with Crippen molar-refractivity contribution in [2.75, 3.05) is 12.3 Å². The SMILES string of the molecule is CCCCCCOc1ncnc(N)c1CCC. The van der Waals surface area contributed by atoms with Crippen LogP contribution in [0.2, 0.25) is 0 Å². The predicted molar refractivity (Wildman–Crippen MR) is 70.1 cm³/mol. The highest BCUT2D eigenvalue weighted by molar-refractivity contribution is 5.44. The Morgan fingerprint density at radius 1 is 1.12 bits per heavy atom. The summed E-state index contributed by atoms with van der Waals surface area (Å²) in [6, 6.07) is 0. The monoisotopic (exact) mass is 237 g/mol. The summed E-state index contributed by atoms with van der Waals surface area (Å²) in [5.74, 6) is 1.21. The zero-order valence-electron chi connectivity index (χ0n) is 10.9. The molecule has 1 aromatic heterocycles. The van der Waals surface area contributed by atoms with E-state index in [0.717, 1.165) is 24.8 Å². The number of unbranched alkanes of at least 4 members (excludes halogenated alkanes) is 3. The Balaban J connectivity index is 2.48. The molecule has 0 aromatic carbocycles. The molecule has 2 N–H and O–H groups in total. The van der Waals surface area contributed by atoms with Crippen LogP contribution in [0.1, 0.15) is 51.5 Å². The van der Waals surface area contributed by atoms with Gasteiger partial charge in [-0.05, 0) is 12.8 Å². The first-order chi connectivity index (χ1) is 8.29. The van der Waals surface area contributed by atoms with Crippen LogP contribution in [-0.4, -0.2) is 16.6 Å². The Bertz CT molecular complexity index is 328. The number of nitrogen functional groups attached to an aromatic ring is 1. The van der Waals surface area contributed by atoms with Crippen molar-refractivity contribution in [1.82, 2.24) is 9.97 Å². The number of hydrogen-bond donors (Lipinski definition) is 1. The summed E-state index contributed by atoms with van der Waals surface area (Å²) >= 11 is 0. The molecule has 0 fully saturated rings. The van der Waals surface area contributed by atoms with E-state index in [9.17, 15) is 0 Å². The Kier molecular flexibility index (Phi) is 6.37. The summed E-state index contributed by atoms with van der Waals surface area (Å²) < 4.78 is 5.69. The summed E-state index contributed by atoms with van der Waals surface area (Å²) in [5, 5.41) is 0. The van der Waals surface area contributed by atoms with E-state index in [2.05, 4.69) is 23.8 Å². The Morgan fingerprint density at radius 2 is 1.94 bits per heavy atom. The van der Waals surface area contributed by atoms with E-state index < -0.39 is 0 Å². The first-order valence-electron chi connectivity index (χ1n) is 6.51. The maximum atomic E-state index is 5.83. The standard InChI is InChI=1S/C13H23N3O/c1-3-5-6-7-9-17-13-11(8-4-2)12(14)15-10-16-13/h10H,3-9H2,1-2H3,(H2,14,15,16). The Morgan fingerprint density at radius 3 is 2.65 bits per heavy atom. The molecule has 0 amide bonds. The van der Waals surface area contributed by atoms with Gasteiger partial charge < -0.3 is 10.5 Å². The fourth-order valence-corrected chi connectivity index (χ4v) is 1.72. The zero-order chi connectivity index (χ0) is 12.5. The molecule has 4 heteroatoms. The van der Waals surface area contributed by atoms with E-state index in [-0.39, 0.29) is 0 Å². The Labute approximate surface area is 104 Å². The van der Waals surface area contributed by atoms with Gasteiger partial charge in [-0.3, -0.25) is 0 Å². The fourth-order valence-electron chi connectivity index (χ4n) is 1.72. The van der Waals surface area contributed by atoms with Gasteiger partial charge in [-0.1, -0.05) is 39.5 Å².